The number of thioether (sulfide) groups is 2. The zero-order valence-electron chi connectivity index (χ0n) is 19.7. The number of hydrogen-bond donors (Lipinski definition) is 2. The lowest BCUT2D eigenvalue weighted by Gasteiger charge is -2.28. The van der Waals surface area contributed by atoms with Gasteiger partial charge < -0.3 is 15.3 Å². The van der Waals surface area contributed by atoms with E-state index < -0.39 is 6.08 Å². The molecular formula is C26H36N2O2S2. The van der Waals surface area contributed by atoms with E-state index >= 15 is 0 Å². The number of nitrogens with one attached hydrogen (secondary N) is 1. The van der Waals surface area contributed by atoms with E-state index in [1.807, 2.05) is 35.7 Å². The Morgan fingerprint density at radius 1 is 0.969 bits per heavy atom. The van der Waals surface area contributed by atoms with Crippen molar-refractivity contribution in [2.45, 2.75) is 48.5 Å². The van der Waals surface area contributed by atoms with Crippen molar-refractivity contribution in [1.29, 1.82) is 0 Å². The van der Waals surface area contributed by atoms with Gasteiger partial charge in [-0.2, -0.15) is 23.5 Å². The van der Waals surface area contributed by atoms with E-state index in [0.717, 1.165) is 43.2 Å². The summed E-state index contributed by atoms with van der Waals surface area (Å²) in [5, 5.41) is 14.2. The van der Waals surface area contributed by atoms with Gasteiger partial charge in [0, 0.05) is 42.9 Å². The van der Waals surface area contributed by atoms with Crippen molar-refractivity contribution < 1.29 is 11.3 Å². The van der Waals surface area contributed by atoms with E-state index in [2.05, 4.69) is 53.8 Å². The topological polar surface area (TPSA) is 52.6 Å². The van der Waals surface area contributed by atoms with Crippen LogP contribution in [0.5, 0.6) is 0 Å². The van der Waals surface area contributed by atoms with Crippen molar-refractivity contribution >= 4 is 29.4 Å². The SMILES string of the molecule is [2H]C(O)(CCC(CCSCc1ccccc1)SCc1ccccc1)CC(=O)N1CCNCC1. The van der Waals surface area contributed by atoms with E-state index in [9.17, 15) is 9.90 Å². The van der Waals surface area contributed by atoms with Crippen molar-refractivity contribution in [2.75, 3.05) is 31.9 Å². The molecule has 0 spiro atoms. The highest BCUT2D eigenvalue weighted by molar-refractivity contribution is 7.99. The van der Waals surface area contributed by atoms with Gasteiger partial charge in [0.25, 0.3) is 0 Å². The number of amides is 1. The highest BCUT2D eigenvalue weighted by Gasteiger charge is 2.20. The van der Waals surface area contributed by atoms with Gasteiger partial charge in [0.1, 0.15) is 0 Å². The molecule has 3 rings (SSSR count). The standard InChI is InChI=1S/C26H36N2O2S2/c29-24(19-26(30)28-16-14-27-15-17-28)11-12-25(32-21-23-9-5-2-6-10-23)13-18-31-20-22-7-3-1-4-8-22/h1-10,24-25,27,29H,11-21H2/i24D. The van der Waals surface area contributed by atoms with E-state index in [4.69, 9.17) is 1.37 Å². The number of hydrogen-bond acceptors (Lipinski definition) is 5. The van der Waals surface area contributed by atoms with Crippen LogP contribution in [0, 0.1) is 0 Å². The van der Waals surface area contributed by atoms with Gasteiger partial charge in [-0.15, -0.1) is 0 Å². The van der Waals surface area contributed by atoms with Crippen LogP contribution in [0.25, 0.3) is 0 Å². The summed E-state index contributed by atoms with van der Waals surface area (Å²) in [6, 6.07) is 20.9. The van der Waals surface area contributed by atoms with Crippen molar-refractivity contribution in [3.8, 4) is 0 Å². The number of carbonyl (C=O) groups is 1. The Labute approximate surface area is 203 Å². The normalized spacial score (nSPS) is 17.4. The van der Waals surface area contributed by atoms with Gasteiger partial charge in [0.05, 0.1) is 13.9 Å². The van der Waals surface area contributed by atoms with E-state index in [1.165, 1.54) is 11.1 Å². The van der Waals surface area contributed by atoms with Gasteiger partial charge in [0.2, 0.25) is 5.91 Å². The minimum Gasteiger partial charge on any atom is -0.393 e. The smallest absolute Gasteiger partial charge is 0.225 e. The molecule has 0 saturated carbocycles. The molecule has 0 aliphatic carbocycles. The third kappa shape index (κ3) is 9.57. The highest BCUT2D eigenvalue weighted by Crippen LogP contribution is 2.27. The average molecular weight is 474 g/mol. The first-order valence-corrected chi connectivity index (χ1v) is 13.7. The Morgan fingerprint density at radius 2 is 1.59 bits per heavy atom. The predicted molar refractivity (Wildman–Crippen MR) is 138 cm³/mol. The maximum Gasteiger partial charge on any atom is 0.225 e. The van der Waals surface area contributed by atoms with Crippen molar-refractivity contribution in [3.05, 3.63) is 71.8 Å². The second-order valence-corrected chi connectivity index (χ2v) is 10.6. The lowest BCUT2D eigenvalue weighted by atomic mass is 10.1. The summed E-state index contributed by atoms with van der Waals surface area (Å²) in [4.78, 5) is 14.3. The molecule has 4 nitrogen and oxygen atoms in total. The molecule has 2 atom stereocenters. The maximum absolute atomic E-state index is 12.5. The third-order valence-electron chi connectivity index (χ3n) is 5.60. The molecule has 6 heteroatoms. The van der Waals surface area contributed by atoms with Crippen LogP contribution in [0.1, 0.15) is 38.2 Å². The zero-order chi connectivity index (χ0) is 23.4. The van der Waals surface area contributed by atoms with Crippen LogP contribution in [-0.2, 0) is 16.3 Å². The molecule has 2 aromatic rings. The Balaban J connectivity index is 1.47. The summed E-state index contributed by atoms with van der Waals surface area (Å²) in [5.41, 5.74) is 2.63. The first-order valence-electron chi connectivity index (χ1n) is 12.0. The fraction of sp³-hybridized carbons (Fsp3) is 0.500. The van der Waals surface area contributed by atoms with Crippen LogP contribution in [0.15, 0.2) is 60.7 Å². The Hall–Kier alpha value is -1.47. The number of piperazine rings is 1. The third-order valence-corrected chi connectivity index (χ3v) is 8.11. The highest BCUT2D eigenvalue weighted by atomic mass is 32.2. The Kier molecular flexibility index (Phi) is 10.8. The molecule has 0 aromatic heterocycles. The summed E-state index contributed by atoms with van der Waals surface area (Å²) < 4.78 is 8.37. The zero-order valence-corrected chi connectivity index (χ0v) is 20.4. The fourth-order valence-corrected chi connectivity index (χ4v) is 6.06. The van der Waals surface area contributed by atoms with E-state index in [0.29, 0.717) is 24.8 Å². The molecule has 174 valence electrons. The molecule has 1 heterocycles. The average Bonchev–Trinajstić information content (AvgIpc) is 2.84. The van der Waals surface area contributed by atoms with Gasteiger partial charge in [0.15, 0.2) is 0 Å². The van der Waals surface area contributed by atoms with Gasteiger partial charge >= 0.3 is 0 Å². The van der Waals surface area contributed by atoms with Gasteiger partial charge in [-0.3, -0.25) is 4.79 Å². The largest absolute Gasteiger partial charge is 0.393 e. The first kappa shape index (κ1) is 23.7. The quantitative estimate of drug-likeness (QED) is 0.417. The first-order chi connectivity index (χ1) is 16.0. The lowest BCUT2D eigenvalue weighted by molar-refractivity contribution is -0.133. The van der Waals surface area contributed by atoms with Gasteiger partial charge in [-0.05, 0) is 36.1 Å². The molecule has 1 aliphatic rings. The summed E-state index contributed by atoms with van der Waals surface area (Å²) >= 11 is 3.83. The van der Waals surface area contributed by atoms with Crippen LogP contribution >= 0.6 is 23.5 Å². The minimum atomic E-state index is -1.70. The number of carbonyl (C=O) groups excluding carboxylic acids is 1. The monoisotopic (exact) mass is 473 g/mol. The molecule has 0 radical (unpaired) electrons. The second kappa shape index (κ2) is 14.6. The molecule has 1 amide bonds. The van der Waals surface area contributed by atoms with E-state index in [1.54, 1.807) is 4.90 Å². The van der Waals surface area contributed by atoms with Crippen molar-refractivity contribution in [3.63, 3.8) is 0 Å². The van der Waals surface area contributed by atoms with Crippen LogP contribution in [-0.4, -0.2) is 59.2 Å². The minimum absolute atomic E-state index is 0.110. The molecule has 0 bridgehead atoms. The molecule has 1 aliphatic heterocycles. The maximum atomic E-state index is 12.5. The predicted octanol–water partition coefficient (Wildman–Crippen LogP) is 4.57. The van der Waals surface area contributed by atoms with Crippen molar-refractivity contribution in [2.24, 2.45) is 0 Å². The molecule has 1 saturated heterocycles. The lowest BCUT2D eigenvalue weighted by Crippen LogP contribution is -2.47. The van der Waals surface area contributed by atoms with Crippen LogP contribution in [0.4, 0.5) is 0 Å². The van der Waals surface area contributed by atoms with Crippen molar-refractivity contribution in [1.82, 2.24) is 10.2 Å². The summed E-state index contributed by atoms with van der Waals surface area (Å²) in [6.07, 6.45) is 0.256. The van der Waals surface area contributed by atoms with Crippen LogP contribution in [0.2, 0.25) is 0 Å². The summed E-state index contributed by atoms with van der Waals surface area (Å²) in [6.45, 7) is 2.87. The Bertz CT molecular complexity index is 818. The second-order valence-electron chi connectivity index (χ2n) is 8.16. The number of rotatable bonds is 13. The van der Waals surface area contributed by atoms with Crippen LogP contribution in [0.3, 0.4) is 0 Å². The number of nitrogens with zero attached hydrogens (tertiary/aromatic N) is 1. The summed E-state index contributed by atoms with van der Waals surface area (Å²) in [5.74, 6) is 2.85. The number of aliphatic hydroxyl groups is 1. The van der Waals surface area contributed by atoms with E-state index in [-0.39, 0.29) is 12.3 Å². The molecular weight excluding hydrogens is 436 g/mol. The molecule has 2 N–H and O–H groups in total. The van der Waals surface area contributed by atoms with Gasteiger partial charge in [-0.1, -0.05) is 60.7 Å². The molecule has 2 unspecified atom stereocenters. The summed E-state index contributed by atoms with van der Waals surface area (Å²) in [7, 11) is 0. The molecule has 1 fully saturated rings. The van der Waals surface area contributed by atoms with Gasteiger partial charge in [-0.25, -0.2) is 0 Å². The van der Waals surface area contributed by atoms with Crippen LogP contribution < -0.4 is 5.32 Å². The number of benzene rings is 2. The fourth-order valence-electron chi connectivity index (χ4n) is 3.69. The molecule has 2 aromatic carbocycles. The Morgan fingerprint density at radius 3 is 2.25 bits per heavy atom. The molecule has 32 heavy (non-hydrogen) atoms.